The molecule has 0 atom stereocenters. The second-order valence-corrected chi connectivity index (χ2v) is 6.66. The Bertz CT molecular complexity index is 969. The first-order chi connectivity index (χ1) is 12.9. The van der Waals surface area contributed by atoms with E-state index in [1.165, 1.54) is 23.0 Å². The van der Waals surface area contributed by atoms with Crippen LogP contribution in [0.1, 0.15) is 24.0 Å². The topological polar surface area (TPSA) is 55.6 Å². The minimum atomic E-state index is -4.56. The van der Waals surface area contributed by atoms with E-state index in [2.05, 4.69) is 20.4 Å². The molecule has 0 saturated carbocycles. The van der Waals surface area contributed by atoms with Crippen LogP contribution >= 0.6 is 11.6 Å². The van der Waals surface area contributed by atoms with Crippen LogP contribution in [0.15, 0.2) is 36.8 Å². The van der Waals surface area contributed by atoms with Gasteiger partial charge in [-0.3, -0.25) is 9.97 Å². The maximum Gasteiger partial charge on any atom is 0.418 e. The van der Waals surface area contributed by atoms with Crippen molar-refractivity contribution in [2.24, 2.45) is 0 Å². The first kappa shape index (κ1) is 17.8. The highest BCUT2D eigenvalue weighted by Gasteiger charge is 2.36. The lowest BCUT2D eigenvalue weighted by atomic mass is 10.1. The number of nitrogens with one attached hydrogen (secondary N) is 1. The number of nitrogens with zero attached hydrogens (tertiary/aromatic N) is 4. The van der Waals surface area contributed by atoms with Crippen LogP contribution in [0, 0.1) is 0 Å². The molecule has 2 aromatic heterocycles. The summed E-state index contributed by atoms with van der Waals surface area (Å²) < 4.78 is 42.2. The molecule has 0 radical (unpaired) electrons. The molecule has 0 unspecified atom stereocenters. The number of anilines is 1. The molecule has 1 aliphatic heterocycles. The smallest absolute Gasteiger partial charge is 0.370 e. The Morgan fingerprint density at radius 2 is 2.00 bits per heavy atom. The molecule has 9 heteroatoms. The molecule has 0 spiro atoms. The Morgan fingerprint density at radius 1 is 1.15 bits per heavy atom. The van der Waals surface area contributed by atoms with Crippen molar-refractivity contribution in [2.75, 3.05) is 11.9 Å². The van der Waals surface area contributed by atoms with Crippen molar-refractivity contribution in [3.05, 3.63) is 52.9 Å². The SMILES string of the molecule is FC(F)(F)c1cc(Cl)ccc1-n1nc(-c2cnccn2)c2c1NCCCC2. The molecule has 0 aliphatic carbocycles. The molecule has 0 saturated heterocycles. The quantitative estimate of drug-likeness (QED) is 0.682. The van der Waals surface area contributed by atoms with Gasteiger partial charge in [0.2, 0.25) is 0 Å². The molecule has 5 nitrogen and oxygen atoms in total. The fourth-order valence-corrected chi connectivity index (χ4v) is 3.40. The Hall–Kier alpha value is -2.61. The average molecular weight is 394 g/mol. The monoisotopic (exact) mass is 393 g/mol. The fourth-order valence-electron chi connectivity index (χ4n) is 3.22. The van der Waals surface area contributed by atoms with E-state index in [9.17, 15) is 13.2 Å². The van der Waals surface area contributed by atoms with Gasteiger partial charge < -0.3 is 5.32 Å². The van der Waals surface area contributed by atoms with Crippen molar-refractivity contribution in [1.29, 1.82) is 0 Å². The summed E-state index contributed by atoms with van der Waals surface area (Å²) in [5.41, 5.74) is 0.995. The maximum atomic E-state index is 13.6. The summed E-state index contributed by atoms with van der Waals surface area (Å²) in [6, 6.07) is 3.69. The van der Waals surface area contributed by atoms with Crippen molar-refractivity contribution in [2.45, 2.75) is 25.4 Å². The Morgan fingerprint density at radius 3 is 2.74 bits per heavy atom. The normalized spacial score (nSPS) is 14.4. The second-order valence-electron chi connectivity index (χ2n) is 6.22. The zero-order valence-corrected chi connectivity index (χ0v) is 14.8. The third-order valence-electron chi connectivity index (χ3n) is 4.43. The van der Waals surface area contributed by atoms with E-state index >= 15 is 0 Å². The van der Waals surface area contributed by atoms with Crippen molar-refractivity contribution in [3.63, 3.8) is 0 Å². The summed E-state index contributed by atoms with van der Waals surface area (Å²) in [5, 5.41) is 7.73. The van der Waals surface area contributed by atoms with E-state index in [4.69, 9.17) is 11.6 Å². The van der Waals surface area contributed by atoms with Crippen LogP contribution in [-0.2, 0) is 12.6 Å². The first-order valence-corrected chi connectivity index (χ1v) is 8.82. The summed E-state index contributed by atoms with van der Waals surface area (Å²) in [6.07, 6.45) is 2.60. The molecular formula is C18H15ClF3N5. The largest absolute Gasteiger partial charge is 0.418 e. The standard InChI is InChI=1S/C18H15ClF3N5/c19-11-4-5-15(13(9-11)18(20,21)22)27-17-12(3-1-2-6-25-17)16(26-27)14-10-23-7-8-24-14/h4-5,7-10,25H,1-3,6H2. The van der Waals surface area contributed by atoms with Gasteiger partial charge in [-0.15, -0.1) is 0 Å². The second kappa shape index (κ2) is 6.84. The number of aromatic nitrogens is 4. The molecule has 1 N–H and O–H groups in total. The zero-order chi connectivity index (χ0) is 19.0. The van der Waals surface area contributed by atoms with Crippen molar-refractivity contribution < 1.29 is 13.2 Å². The third kappa shape index (κ3) is 3.37. The average Bonchev–Trinajstić information content (AvgIpc) is 2.83. The van der Waals surface area contributed by atoms with Crippen LogP contribution in [-0.4, -0.2) is 26.3 Å². The van der Waals surface area contributed by atoms with Crippen molar-refractivity contribution in [3.8, 4) is 17.1 Å². The summed E-state index contributed by atoms with van der Waals surface area (Å²) >= 11 is 5.82. The van der Waals surface area contributed by atoms with E-state index in [1.54, 1.807) is 12.4 Å². The van der Waals surface area contributed by atoms with Gasteiger partial charge >= 0.3 is 6.18 Å². The Balaban J connectivity index is 1.96. The van der Waals surface area contributed by atoms with Gasteiger partial charge in [-0.1, -0.05) is 11.6 Å². The summed E-state index contributed by atoms with van der Waals surface area (Å²) in [4.78, 5) is 8.32. The summed E-state index contributed by atoms with van der Waals surface area (Å²) in [6.45, 7) is 0.660. The van der Waals surface area contributed by atoms with Crippen LogP contribution < -0.4 is 5.32 Å². The number of halogens is 4. The molecule has 3 heterocycles. The van der Waals surface area contributed by atoms with Crippen molar-refractivity contribution >= 4 is 17.4 Å². The molecule has 3 aromatic rings. The third-order valence-corrected chi connectivity index (χ3v) is 4.66. The highest BCUT2D eigenvalue weighted by Crippen LogP contribution is 2.39. The fraction of sp³-hybridized carbons (Fsp3) is 0.278. The number of benzene rings is 1. The number of hydrogen-bond donors (Lipinski definition) is 1. The van der Waals surface area contributed by atoms with Gasteiger partial charge in [0, 0.05) is 29.5 Å². The van der Waals surface area contributed by atoms with Gasteiger partial charge in [0.25, 0.3) is 0 Å². The molecule has 0 amide bonds. The zero-order valence-electron chi connectivity index (χ0n) is 14.1. The van der Waals surface area contributed by atoms with E-state index in [-0.39, 0.29) is 10.7 Å². The predicted molar refractivity (Wildman–Crippen MR) is 96.0 cm³/mol. The van der Waals surface area contributed by atoms with E-state index in [0.717, 1.165) is 24.5 Å². The lowest BCUT2D eigenvalue weighted by Gasteiger charge is -2.16. The van der Waals surface area contributed by atoms with Crippen molar-refractivity contribution in [1.82, 2.24) is 19.7 Å². The lowest BCUT2D eigenvalue weighted by Crippen LogP contribution is -2.14. The van der Waals surface area contributed by atoms with Gasteiger partial charge in [-0.2, -0.15) is 18.3 Å². The van der Waals surface area contributed by atoms with Crippen LogP contribution in [0.5, 0.6) is 0 Å². The van der Waals surface area contributed by atoms with Crippen LogP contribution in [0.3, 0.4) is 0 Å². The van der Waals surface area contributed by atoms with Crippen LogP contribution in [0.4, 0.5) is 19.0 Å². The molecule has 1 aliphatic rings. The van der Waals surface area contributed by atoms with Gasteiger partial charge in [-0.25, -0.2) is 4.68 Å². The molecule has 4 rings (SSSR count). The van der Waals surface area contributed by atoms with Gasteiger partial charge in [0.15, 0.2) is 0 Å². The molecule has 27 heavy (non-hydrogen) atoms. The molecule has 0 bridgehead atoms. The number of rotatable bonds is 2. The Labute approximate surface area is 158 Å². The van der Waals surface area contributed by atoms with Gasteiger partial charge in [0.1, 0.15) is 17.2 Å². The highest BCUT2D eigenvalue weighted by atomic mass is 35.5. The predicted octanol–water partition coefficient (Wildman–Crippen LogP) is 4.75. The minimum Gasteiger partial charge on any atom is -0.370 e. The van der Waals surface area contributed by atoms with Crippen LogP contribution in [0.25, 0.3) is 17.1 Å². The highest BCUT2D eigenvalue weighted by molar-refractivity contribution is 6.30. The molecular weight excluding hydrogens is 379 g/mol. The molecule has 140 valence electrons. The van der Waals surface area contributed by atoms with E-state index in [0.29, 0.717) is 30.2 Å². The number of fused-ring (bicyclic) bond motifs is 1. The van der Waals surface area contributed by atoms with Gasteiger partial charge in [0.05, 0.1) is 17.4 Å². The minimum absolute atomic E-state index is 0.0198. The maximum absolute atomic E-state index is 13.6. The molecule has 1 aromatic carbocycles. The first-order valence-electron chi connectivity index (χ1n) is 8.44. The van der Waals surface area contributed by atoms with Crippen LogP contribution in [0.2, 0.25) is 5.02 Å². The van der Waals surface area contributed by atoms with Gasteiger partial charge in [-0.05, 0) is 37.5 Å². The Kier molecular flexibility index (Phi) is 4.51. The summed E-state index contributed by atoms with van der Waals surface area (Å²) in [7, 11) is 0. The van der Waals surface area contributed by atoms with E-state index < -0.39 is 11.7 Å². The van der Waals surface area contributed by atoms with E-state index in [1.807, 2.05) is 0 Å². The number of hydrogen-bond acceptors (Lipinski definition) is 4. The summed E-state index contributed by atoms with van der Waals surface area (Å²) in [5.74, 6) is 0.556. The number of alkyl halides is 3. The lowest BCUT2D eigenvalue weighted by molar-refractivity contribution is -0.137. The molecule has 0 fully saturated rings.